The lowest BCUT2D eigenvalue weighted by atomic mass is 9.93. The number of hydrogen-bond donors (Lipinski definition) is 0. The van der Waals surface area contributed by atoms with Crippen LogP contribution in [-0.2, 0) is 23.2 Å². The molecule has 27 heavy (non-hydrogen) atoms. The molecular weight excluding hydrogens is 358 g/mol. The number of carbonyl (C=O) groups is 1. The molecule has 4 nitrogen and oxygen atoms in total. The van der Waals surface area contributed by atoms with Gasteiger partial charge in [0.05, 0.1) is 25.1 Å². The summed E-state index contributed by atoms with van der Waals surface area (Å²) >= 11 is 1.73. The predicted octanol–water partition coefficient (Wildman–Crippen LogP) is 4.65. The normalized spacial score (nSPS) is 14.7. The number of hydrogen-bond acceptors (Lipinski definition) is 4. The van der Waals surface area contributed by atoms with Gasteiger partial charge in [-0.2, -0.15) is 0 Å². The summed E-state index contributed by atoms with van der Waals surface area (Å²) in [7, 11) is 1.67. The highest BCUT2D eigenvalue weighted by molar-refractivity contribution is 7.09. The molecule has 1 fully saturated rings. The maximum atomic E-state index is 13.6. The van der Waals surface area contributed by atoms with E-state index in [-0.39, 0.29) is 5.91 Å². The van der Waals surface area contributed by atoms with Crippen LogP contribution in [0.25, 0.3) is 0 Å². The molecule has 1 amide bonds. The summed E-state index contributed by atoms with van der Waals surface area (Å²) in [6, 6.07) is 14.0. The maximum absolute atomic E-state index is 13.6. The average molecular weight is 381 g/mol. The first-order valence-corrected chi connectivity index (χ1v) is 10.1. The van der Waals surface area contributed by atoms with Gasteiger partial charge in [0.15, 0.2) is 0 Å². The molecule has 0 spiro atoms. The van der Waals surface area contributed by atoms with Crippen LogP contribution in [0.3, 0.4) is 0 Å². The smallest absolute Gasteiger partial charge is 0.233 e. The van der Waals surface area contributed by atoms with Crippen LogP contribution in [0.4, 0.5) is 0 Å². The van der Waals surface area contributed by atoms with E-state index in [9.17, 15) is 4.79 Å². The number of benzene rings is 1. The first kappa shape index (κ1) is 17.9. The van der Waals surface area contributed by atoms with Crippen LogP contribution in [0.5, 0.6) is 5.75 Å². The highest BCUT2D eigenvalue weighted by Gasteiger charge is 2.54. The number of nitrogens with zero attached hydrogens (tertiary/aromatic N) is 1. The van der Waals surface area contributed by atoms with Gasteiger partial charge in [0.1, 0.15) is 5.75 Å². The standard InChI is InChI=1S/C22H23NO3S/c1-25-20-7-3-2-6-19(20)22(10-11-22)21(24)23(15-17-9-13-26-16-17)12-8-18-5-4-14-27-18/h2-7,9,13-14,16H,8,10-12,15H2,1H3. The number of carbonyl (C=O) groups excluding carboxylic acids is 1. The van der Waals surface area contributed by atoms with Gasteiger partial charge >= 0.3 is 0 Å². The summed E-state index contributed by atoms with van der Waals surface area (Å²) in [5.41, 5.74) is 1.57. The Hall–Kier alpha value is -2.53. The lowest BCUT2D eigenvalue weighted by Crippen LogP contribution is -2.40. The highest BCUT2D eigenvalue weighted by Crippen LogP contribution is 2.52. The maximum Gasteiger partial charge on any atom is 0.233 e. The third kappa shape index (κ3) is 3.65. The van der Waals surface area contributed by atoms with Crippen LogP contribution in [0, 0.1) is 0 Å². The molecule has 2 heterocycles. The van der Waals surface area contributed by atoms with E-state index in [1.165, 1.54) is 4.88 Å². The van der Waals surface area contributed by atoms with E-state index in [0.717, 1.165) is 36.1 Å². The molecule has 0 saturated heterocycles. The van der Waals surface area contributed by atoms with E-state index >= 15 is 0 Å². The van der Waals surface area contributed by atoms with Crippen molar-refractivity contribution in [2.24, 2.45) is 0 Å². The van der Waals surface area contributed by atoms with Gasteiger partial charge in [-0.05, 0) is 42.8 Å². The summed E-state index contributed by atoms with van der Waals surface area (Å²) in [5.74, 6) is 0.981. The van der Waals surface area contributed by atoms with Gasteiger partial charge < -0.3 is 14.1 Å². The molecule has 1 saturated carbocycles. The van der Waals surface area contributed by atoms with E-state index in [2.05, 4.69) is 17.5 Å². The molecule has 0 aliphatic heterocycles. The molecule has 140 valence electrons. The number of methoxy groups -OCH3 is 1. The Balaban J connectivity index is 1.59. The van der Waals surface area contributed by atoms with Gasteiger partial charge in [0, 0.05) is 29.1 Å². The molecule has 3 aromatic rings. The van der Waals surface area contributed by atoms with Crippen LogP contribution < -0.4 is 4.74 Å². The number of furan rings is 1. The first-order valence-electron chi connectivity index (χ1n) is 9.19. The van der Waals surface area contributed by atoms with Gasteiger partial charge in [0.25, 0.3) is 0 Å². The Morgan fingerprint density at radius 1 is 1.22 bits per heavy atom. The SMILES string of the molecule is COc1ccccc1C1(C(=O)N(CCc2cccs2)Cc2ccoc2)CC1. The van der Waals surface area contributed by atoms with E-state index in [0.29, 0.717) is 13.1 Å². The summed E-state index contributed by atoms with van der Waals surface area (Å²) in [5, 5.41) is 2.08. The fourth-order valence-corrected chi connectivity index (χ4v) is 4.32. The number of amides is 1. The van der Waals surface area contributed by atoms with Crippen molar-refractivity contribution in [3.8, 4) is 5.75 Å². The van der Waals surface area contributed by atoms with Gasteiger partial charge in [0.2, 0.25) is 5.91 Å². The fraction of sp³-hybridized carbons (Fsp3) is 0.318. The van der Waals surface area contributed by atoms with Crippen molar-refractivity contribution in [2.45, 2.75) is 31.2 Å². The van der Waals surface area contributed by atoms with Gasteiger partial charge in [-0.1, -0.05) is 24.3 Å². The third-order valence-electron chi connectivity index (χ3n) is 5.23. The molecule has 0 bridgehead atoms. The van der Waals surface area contributed by atoms with E-state index in [1.807, 2.05) is 35.2 Å². The van der Waals surface area contributed by atoms with Crippen LogP contribution in [0.2, 0.25) is 0 Å². The van der Waals surface area contributed by atoms with Crippen molar-refractivity contribution in [1.29, 1.82) is 0 Å². The molecule has 1 aliphatic carbocycles. The molecule has 0 unspecified atom stereocenters. The van der Waals surface area contributed by atoms with Crippen LogP contribution in [-0.4, -0.2) is 24.5 Å². The average Bonchev–Trinajstić information content (AvgIpc) is 3.08. The first-order chi connectivity index (χ1) is 13.2. The van der Waals surface area contributed by atoms with Gasteiger partial charge in [-0.3, -0.25) is 4.79 Å². The Labute approximate surface area is 163 Å². The van der Waals surface area contributed by atoms with Crippen molar-refractivity contribution in [1.82, 2.24) is 4.90 Å². The second-order valence-electron chi connectivity index (χ2n) is 6.97. The monoisotopic (exact) mass is 381 g/mol. The summed E-state index contributed by atoms with van der Waals surface area (Å²) in [6.45, 7) is 1.26. The molecule has 5 heteroatoms. The number of para-hydroxylation sites is 1. The quantitative estimate of drug-likeness (QED) is 0.570. The fourth-order valence-electron chi connectivity index (χ4n) is 3.62. The Kier molecular flexibility index (Phi) is 5.03. The van der Waals surface area contributed by atoms with Crippen molar-refractivity contribution < 1.29 is 13.9 Å². The van der Waals surface area contributed by atoms with Gasteiger partial charge in [-0.25, -0.2) is 0 Å². The summed E-state index contributed by atoms with van der Waals surface area (Å²) in [4.78, 5) is 16.9. The minimum absolute atomic E-state index is 0.185. The minimum atomic E-state index is -0.453. The van der Waals surface area contributed by atoms with Crippen molar-refractivity contribution in [3.05, 3.63) is 76.4 Å². The Bertz CT molecular complexity index is 882. The largest absolute Gasteiger partial charge is 0.496 e. The van der Waals surface area contributed by atoms with E-state index in [4.69, 9.17) is 9.15 Å². The predicted molar refractivity (Wildman–Crippen MR) is 106 cm³/mol. The lowest BCUT2D eigenvalue weighted by molar-refractivity contribution is -0.134. The molecule has 0 N–H and O–H groups in total. The van der Waals surface area contributed by atoms with Gasteiger partial charge in [-0.15, -0.1) is 11.3 Å². The van der Waals surface area contributed by atoms with E-state index < -0.39 is 5.41 Å². The van der Waals surface area contributed by atoms with E-state index in [1.54, 1.807) is 31.0 Å². The topological polar surface area (TPSA) is 42.7 Å². The zero-order chi connectivity index (χ0) is 18.7. The lowest BCUT2D eigenvalue weighted by Gasteiger charge is -2.28. The molecule has 0 radical (unpaired) electrons. The van der Waals surface area contributed by atoms with Crippen LogP contribution in [0.1, 0.15) is 28.8 Å². The number of ether oxygens (including phenoxy) is 1. The second kappa shape index (κ2) is 7.61. The van der Waals surface area contributed by atoms with Crippen molar-refractivity contribution in [3.63, 3.8) is 0 Å². The molecule has 4 rings (SSSR count). The molecular formula is C22H23NO3S. The number of rotatable bonds is 8. The summed E-state index contributed by atoms with van der Waals surface area (Å²) in [6.07, 6.45) is 5.97. The summed E-state index contributed by atoms with van der Waals surface area (Å²) < 4.78 is 10.8. The Morgan fingerprint density at radius 3 is 2.74 bits per heavy atom. The van der Waals surface area contributed by atoms with Crippen molar-refractivity contribution >= 4 is 17.2 Å². The zero-order valence-electron chi connectivity index (χ0n) is 15.4. The van der Waals surface area contributed by atoms with Crippen molar-refractivity contribution in [2.75, 3.05) is 13.7 Å². The second-order valence-corrected chi connectivity index (χ2v) is 8.00. The number of thiophene rings is 1. The van der Waals surface area contributed by atoms with Crippen LogP contribution in [0.15, 0.2) is 64.8 Å². The third-order valence-corrected chi connectivity index (χ3v) is 6.17. The molecule has 2 aromatic heterocycles. The molecule has 1 aliphatic rings. The molecule has 1 aromatic carbocycles. The van der Waals surface area contributed by atoms with Crippen LogP contribution >= 0.6 is 11.3 Å². The molecule has 0 atom stereocenters. The zero-order valence-corrected chi connectivity index (χ0v) is 16.2. The Morgan fingerprint density at radius 2 is 2.07 bits per heavy atom. The minimum Gasteiger partial charge on any atom is -0.496 e. The highest BCUT2D eigenvalue weighted by atomic mass is 32.1.